The number of β-amino-alcohol motifs (C(OH)–C–C–N with tert-alkyl or cyclic N) is 1. The smallest absolute Gasteiger partial charge is 0.146 e. The van der Waals surface area contributed by atoms with E-state index in [1.165, 1.54) is 6.42 Å². The van der Waals surface area contributed by atoms with E-state index in [9.17, 15) is 5.11 Å². The van der Waals surface area contributed by atoms with Crippen LogP contribution in [-0.2, 0) is 4.74 Å². The van der Waals surface area contributed by atoms with Crippen LogP contribution in [0.1, 0.15) is 44.6 Å². The van der Waals surface area contributed by atoms with Gasteiger partial charge in [0.05, 0.1) is 17.6 Å². The van der Waals surface area contributed by atoms with Crippen LogP contribution in [0, 0.1) is 5.92 Å². The number of aliphatic hydroxyl groups excluding tert-OH is 1. The summed E-state index contributed by atoms with van der Waals surface area (Å²) in [4.78, 5) is 11.3. The minimum absolute atomic E-state index is 0.156. The van der Waals surface area contributed by atoms with Gasteiger partial charge < -0.3 is 29.8 Å². The van der Waals surface area contributed by atoms with E-state index >= 15 is 0 Å². The van der Waals surface area contributed by atoms with Crippen LogP contribution in [0.25, 0.3) is 22.2 Å². The number of benzene rings is 1. The Morgan fingerprint density at radius 2 is 2.09 bits per heavy atom. The summed E-state index contributed by atoms with van der Waals surface area (Å²) in [6, 6.07) is 8.60. The third kappa shape index (κ3) is 4.75. The highest BCUT2D eigenvalue weighted by Gasteiger charge is 2.35. The first-order chi connectivity index (χ1) is 17.1. The van der Waals surface area contributed by atoms with Gasteiger partial charge in [-0.25, -0.2) is 9.97 Å². The van der Waals surface area contributed by atoms with Crippen molar-refractivity contribution in [1.82, 2.24) is 19.4 Å². The molecule has 35 heavy (non-hydrogen) atoms. The average Bonchev–Trinajstić information content (AvgIpc) is 3.45. The molecule has 3 aliphatic rings. The summed E-state index contributed by atoms with van der Waals surface area (Å²) in [5.74, 6) is 2.00. The molecule has 1 aliphatic carbocycles. The van der Waals surface area contributed by atoms with Crippen molar-refractivity contribution in [3.63, 3.8) is 0 Å². The molecule has 1 unspecified atom stereocenters. The number of likely N-dealkylation sites (tertiary alicyclic amines) is 1. The van der Waals surface area contributed by atoms with Crippen LogP contribution in [0.2, 0.25) is 0 Å². The zero-order valence-corrected chi connectivity index (χ0v) is 20.2. The van der Waals surface area contributed by atoms with Crippen molar-refractivity contribution in [2.75, 3.05) is 38.6 Å². The Morgan fingerprint density at radius 3 is 2.89 bits per heavy atom. The molecule has 3 N–H and O–H groups in total. The molecule has 3 fully saturated rings. The number of hydrogen-bond donors (Lipinski definition) is 2. The molecule has 0 spiro atoms. The van der Waals surface area contributed by atoms with E-state index in [0.717, 1.165) is 86.3 Å². The van der Waals surface area contributed by atoms with Crippen LogP contribution in [-0.4, -0.2) is 69.6 Å². The molecular weight excluding hydrogens is 442 g/mol. The fraction of sp³-hybridized carbons (Fsp3) is 0.556. The number of anilines is 1. The fourth-order valence-electron chi connectivity index (χ4n) is 5.91. The molecule has 3 aromatic rings. The topological polar surface area (TPSA) is 98.7 Å². The maximum Gasteiger partial charge on any atom is 0.146 e. The molecule has 2 aromatic heterocycles. The summed E-state index contributed by atoms with van der Waals surface area (Å²) >= 11 is 0. The Labute approximate surface area is 206 Å². The summed E-state index contributed by atoms with van der Waals surface area (Å²) in [7, 11) is 0. The van der Waals surface area contributed by atoms with Gasteiger partial charge in [0.25, 0.3) is 0 Å². The van der Waals surface area contributed by atoms with Gasteiger partial charge in [0.2, 0.25) is 0 Å². The van der Waals surface area contributed by atoms with E-state index in [1.54, 1.807) is 6.33 Å². The predicted molar refractivity (Wildman–Crippen MR) is 135 cm³/mol. The van der Waals surface area contributed by atoms with Gasteiger partial charge >= 0.3 is 0 Å². The number of hydrogen-bond acceptors (Lipinski definition) is 7. The van der Waals surface area contributed by atoms with E-state index < -0.39 is 0 Å². The number of nitrogen functional groups attached to an aromatic ring is 1. The molecule has 4 heterocycles. The van der Waals surface area contributed by atoms with Gasteiger partial charge in [-0.1, -0.05) is 12.1 Å². The van der Waals surface area contributed by atoms with E-state index in [2.05, 4.69) is 37.8 Å². The van der Waals surface area contributed by atoms with Gasteiger partial charge in [0.15, 0.2) is 0 Å². The lowest BCUT2D eigenvalue weighted by molar-refractivity contribution is -0.0110. The molecule has 6 rings (SSSR count). The first-order valence-corrected chi connectivity index (χ1v) is 13.0. The summed E-state index contributed by atoms with van der Waals surface area (Å²) in [6.45, 7) is 4.30. The van der Waals surface area contributed by atoms with Gasteiger partial charge in [0.1, 0.15) is 30.1 Å². The second kappa shape index (κ2) is 9.76. The van der Waals surface area contributed by atoms with Crippen LogP contribution >= 0.6 is 0 Å². The standard InChI is InChI=1S/C27H35N5O3/c28-26-25-24(19-4-3-6-22(12-19)35-16-23-5-1-2-9-34-23)15-32(27(25)30-17-29-26)20-10-18(11-20)13-31-8-7-21(33)14-31/h3-4,6,12,15,17-18,20-21,23,33H,1-2,5,7-11,13-14,16H2,(H2,28,29,30)/t18-,20+,21?,23-/m0/s1. The third-order valence-electron chi connectivity index (χ3n) is 7.86. The van der Waals surface area contributed by atoms with Crippen molar-refractivity contribution in [3.05, 3.63) is 36.8 Å². The van der Waals surface area contributed by atoms with Crippen molar-refractivity contribution in [1.29, 1.82) is 0 Å². The zero-order valence-electron chi connectivity index (χ0n) is 20.2. The average molecular weight is 478 g/mol. The minimum Gasteiger partial charge on any atom is -0.491 e. The third-order valence-corrected chi connectivity index (χ3v) is 7.86. The van der Waals surface area contributed by atoms with E-state index in [-0.39, 0.29) is 12.2 Å². The Bertz CT molecular complexity index is 1170. The van der Waals surface area contributed by atoms with Crippen molar-refractivity contribution in [2.24, 2.45) is 5.92 Å². The van der Waals surface area contributed by atoms with Gasteiger partial charge in [-0.15, -0.1) is 0 Å². The quantitative estimate of drug-likeness (QED) is 0.536. The molecule has 0 radical (unpaired) electrons. The maximum absolute atomic E-state index is 9.82. The van der Waals surface area contributed by atoms with Gasteiger partial charge in [0, 0.05) is 44.0 Å². The van der Waals surface area contributed by atoms with Crippen molar-refractivity contribution >= 4 is 16.9 Å². The van der Waals surface area contributed by atoms with Gasteiger partial charge in [-0.2, -0.15) is 0 Å². The number of aliphatic hydroxyl groups is 1. The summed E-state index contributed by atoms with van der Waals surface area (Å²) < 4.78 is 14.2. The number of nitrogens with zero attached hydrogens (tertiary/aromatic N) is 4. The molecule has 2 atom stereocenters. The van der Waals surface area contributed by atoms with Crippen LogP contribution in [0.3, 0.4) is 0 Å². The van der Waals surface area contributed by atoms with Crippen LogP contribution < -0.4 is 10.5 Å². The van der Waals surface area contributed by atoms with E-state index in [4.69, 9.17) is 15.2 Å². The van der Waals surface area contributed by atoms with Gasteiger partial charge in [-0.05, 0) is 62.1 Å². The number of aromatic nitrogens is 3. The number of nitrogens with two attached hydrogens (primary N) is 1. The highest BCUT2D eigenvalue weighted by molar-refractivity contribution is 6.00. The SMILES string of the molecule is Nc1ncnc2c1c(-c1cccc(OC[C@@H]3CCCCO3)c1)cn2[C@H]1C[C@@H](CN2CCC(O)C2)C1. The molecule has 1 saturated carbocycles. The molecule has 186 valence electrons. The number of ether oxygens (including phenoxy) is 2. The van der Waals surface area contributed by atoms with Crippen LogP contribution in [0.15, 0.2) is 36.8 Å². The van der Waals surface area contributed by atoms with Crippen LogP contribution in [0.4, 0.5) is 5.82 Å². The minimum atomic E-state index is -0.156. The monoisotopic (exact) mass is 477 g/mol. The first kappa shape index (κ1) is 22.8. The number of rotatable bonds is 7. The van der Waals surface area contributed by atoms with Crippen LogP contribution in [0.5, 0.6) is 5.75 Å². The predicted octanol–water partition coefficient (Wildman–Crippen LogP) is 3.65. The maximum atomic E-state index is 9.82. The molecule has 1 aromatic carbocycles. The Balaban J connectivity index is 1.21. The largest absolute Gasteiger partial charge is 0.491 e. The van der Waals surface area contributed by atoms with E-state index in [0.29, 0.717) is 24.4 Å². The Kier molecular flexibility index (Phi) is 6.35. The molecule has 8 nitrogen and oxygen atoms in total. The second-order valence-corrected chi connectivity index (χ2v) is 10.4. The number of fused-ring (bicyclic) bond motifs is 1. The summed E-state index contributed by atoms with van der Waals surface area (Å²) in [5, 5.41) is 10.7. The summed E-state index contributed by atoms with van der Waals surface area (Å²) in [5.41, 5.74) is 9.37. The fourth-order valence-corrected chi connectivity index (χ4v) is 5.91. The Hall–Kier alpha value is -2.68. The first-order valence-electron chi connectivity index (χ1n) is 13.0. The molecule has 2 aliphatic heterocycles. The van der Waals surface area contributed by atoms with Crippen molar-refractivity contribution < 1.29 is 14.6 Å². The second-order valence-electron chi connectivity index (χ2n) is 10.4. The molecule has 8 heteroatoms. The molecule has 2 saturated heterocycles. The Morgan fingerprint density at radius 1 is 1.17 bits per heavy atom. The molecular formula is C27H35N5O3. The van der Waals surface area contributed by atoms with Gasteiger partial charge in [-0.3, -0.25) is 0 Å². The van der Waals surface area contributed by atoms with E-state index in [1.807, 2.05) is 12.1 Å². The lowest BCUT2D eigenvalue weighted by atomic mass is 9.79. The lowest BCUT2D eigenvalue weighted by Crippen LogP contribution is -2.36. The lowest BCUT2D eigenvalue weighted by Gasteiger charge is -2.38. The highest BCUT2D eigenvalue weighted by atomic mass is 16.5. The highest BCUT2D eigenvalue weighted by Crippen LogP contribution is 2.43. The normalized spacial score (nSPS) is 27.2. The molecule has 0 amide bonds. The van der Waals surface area contributed by atoms with Crippen molar-refractivity contribution in [2.45, 2.75) is 56.8 Å². The zero-order chi connectivity index (χ0) is 23.8. The summed E-state index contributed by atoms with van der Waals surface area (Å²) in [6.07, 6.45) is 10.3. The van der Waals surface area contributed by atoms with Crippen molar-refractivity contribution in [3.8, 4) is 16.9 Å². The molecule has 0 bridgehead atoms.